The van der Waals surface area contributed by atoms with Crippen LogP contribution in [0.25, 0.3) is 0 Å². The second-order valence-electron chi connectivity index (χ2n) is 4.00. The Morgan fingerprint density at radius 3 is 2.44 bits per heavy atom. The fraction of sp³-hybridized carbons (Fsp3) is 0.778. The van der Waals surface area contributed by atoms with E-state index in [9.17, 15) is 0 Å². The molecule has 1 aliphatic rings. The van der Waals surface area contributed by atoms with Gasteiger partial charge in [0.05, 0.1) is 0 Å². The summed E-state index contributed by atoms with van der Waals surface area (Å²) in [5.74, 6) is 1.64. The molecule has 1 saturated carbocycles. The first-order valence-electron chi connectivity index (χ1n) is 3.73. The topological polar surface area (TPSA) is 0 Å². The van der Waals surface area contributed by atoms with Gasteiger partial charge in [-0.3, -0.25) is 0 Å². The molecule has 0 aromatic heterocycles. The molecule has 2 radical (unpaired) electrons. The van der Waals surface area contributed by atoms with Gasteiger partial charge in [-0.15, -0.1) is 0 Å². The molecule has 0 amide bonds. The molecule has 1 fully saturated rings. The summed E-state index contributed by atoms with van der Waals surface area (Å²) in [6, 6.07) is 0. The highest BCUT2D eigenvalue weighted by Gasteiger charge is 2.25. The lowest BCUT2D eigenvalue weighted by Gasteiger charge is -2.32. The minimum Gasteiger partial charge on any atom is -0.0599 e. The van der Waals surface area contributed by atoms with E-state index in [0.29, 0.717) is 5.41 Å². The van der Waals surface area contributed by atoms with E-state index < -0.39 is 0 Å². The van der Waals surface area contributed by atoms with Crippen molar-refractivity contribution in [2.45, 2.75) is 40.0 Å². The molecule has 0 atom stereocenters. The maximum Gasteiger partial charge on any atom is -0.0264 e. The van der Waals surface area contributed by atoms with Gasteiger partial charge in [-0.2, -0.15) is 0 Å². The van der Waals surface area contributed by atoms with Crippen molar-refractivity contribution < 1.29 is 0 Å². The zero-order valence-electron chi connectivity index (χ0n) is 6.70. The predicted octanol–water partition coefficient (Wildman–Crippen LogP) is 3.00. The number of hydrogen-bond acceptors (Lipinski definition) is 0. The van der Waals surface area contributed by atoms with Gasteiger partial charge in [0.25, 0.3) is 0 Å². The van der Waals surface area contributed by atoms with Crippen LogP contribution in [0.15, 0.2) is 0 Å². The molecule has 1 aliphatic carbocycles. The molecule has 1 rings (SSSR count). The summed E-state index contributed by atoms with van der Waals surface area (Å²) in [5.41, 5.74) is 0.558. The van der Waals surface area contributed by atoms with Crippen molar-refractivity contribution in [3.05, 3.63) is 12.3 Å². The molecule has 0 heteroatoms. The Morgan fingerprint density at radius 1 is 1.44 bits per heavy atom. The molecule has 0 spiro atoms. The van der Waals surface area contributed by atoms with Crippen LogP contribution in [-0.2, 0) is 0 Å². The first-order valence-corrected chi connectivity index (χ1v) is 3.73. The summed E-state index contributed by atoms with van der Waals surface area (Å²) >= 11 is 0. The smallest absolute Gasteiger partial charge is 0.0264 e. The third kappa shape index (κ3) is 2.00. The molecular weight excluding hydrogens is 108 g/mol. The molecule has 52 valence electrons. The first-order chi connectivity index (χ1) is 4.10. The maximum absolute atomic E-state index is 2.40. The standard InChI is InChI=1S/C9H16/c1-8-5-4-6-9(2,3)7-8/h4H,5-7H2,1-3H3. The van der Waals surface area contributed by atoms with Crippen molar-refractivity contribution >= 4 is 0 Å². The second-order valence-corrected chi connectivity index (χ2v) is 4.00. The summed E-state index contributed by atoms with van der Waals surface area (Å²) in [6.07, 6.45) is 6.27. The van der Waals surface area contributed by atoms with Gasteiger partial charge in [-0.05, 0) is 37.0 Å². The van der Waals surface area contributed by atoms with Gasteiger partial charge in [-0.1, -0.05) is 20.8 Å². The Kier molecular flexibility index (Phi) is 1.83. The lowest BCUT2D eigenvalue weighted by Crippen LogP contribution is -2.19. The second kappa shape index (κ2) is 2.32. The molecule has 0 N–H and O–H groups in total. The zero-order valence-corrected chi connectivity index (χ0v) is 6.70. The van der Waals surface area contributed by atoms with Crippen molar-refractivity contribution in [3.8, 4) is 0 Å². The normalized spacial score (nSPS) is 28.3. The minimum atomic E-state index is 0.558. The van der Waals surface area contributed by atoms with Crippen LogP contribution < -0.4 is 0 Å². The molecule has 0 aromatic carbocycles. The summed E-state index contributed by atoms with van der Waals surface area (Å²) in [6.45, 7) is 6.94. The van der Waals surface area contributed by atoms with Gasteiger partial charge >= 0.3 is 0 Å². The predicted molar refractivity (Wildman–Crippen MR) is 40.8 cm³/mol. The van der Waals surface area contributed by atoms with E-state index in [1.807, 2.05) is 0 Å². The van der Waals surface area contributed by atoms with E-state index in [4.69, 9.17) is 0 Å². The average molecular weight is 124 g/mol. The summed E-state index contributed by atoms with van der Waals surface area (Å²) < 4.78 is 0. The van der Waals surface area contributed by atoms with Gasteiger partial charge in [-0.25, -0.2) is 0 Å². The minimum absolute atomic E-state index is 0.558. The van der Waals surface area contributed by atoms with Crippen LogP contribution in [0.4, 0.5) is 0 Å². The highest BCUT2D eigenvalue weighted by Crippen LogP contribution is 2.38. The van der Waals surface area contributed by atoms with Crippen LogP contribution in [0.1, 0.15) is 40.0 Å². The monoisotopic (exact) mass is 124 g/mol. The van der Waals surface area contributed by atoms with E-state index in [-0.39, 0.29) is 0 Å². The van der Waals surface area contributed by atoms with Crippen LogP contribution in [-0.4, -0.2) is 0 Å². The quantitative estimate of drug-likeness (QED) is 0.465. The Morgan fingerprint density at radius 2 is 2.11 bits per heavy atom. The summed E-state index contributed by atoms with van der Waals surface area (Å²) in [4.78, 5) is 0. The Labute approximate surface area is 58.7 Å². The van der Waals surface area contributed by atoms with E-state index in [0.717, 1.165) is 0 Å². The molecule has 0 heterocycles. The average Bonchev–Trinajstić information content (AvgIpc) is 1.60. The van der Waals surface area contributed by atoms with Crippen molar-refractivity contribution in [1.29, 1.82) is 0 Å². The van der Waals surface area contributed by atoms with Gasteiger partial charge in [0.1, 0.15) is 0 Å². The van der Waals surface area contributed by atoms with Crippen molar-refractivity contribution in [2.24, 2.45) is 5.41 Å². The highest BCUT2D eigenvalue weighted by atomic mass is 14.3. The lowest BCUT2D eigenvalue weighted by atomic mass is 9.73. The van der Waals surface area contributed by atoms with Gasteiger partial charge in [0, 0.05) is 0 Å². The Balaban J connectivity index is 2.41. The fourth-order valence-electron chi connectivity index (χ4n) is 1.67. The SMILES string of the molecule is C[C]1C[CH]CC(C)(C)C1. The van der Waals surface area contributed by atoms with Crippen LogP contribution in [0.3, 0.4) is 0 Å². The van der Waals surface area contributed by atoms with E-state index >= 15 is 0 Å². The number of hydrogen-bond donors (Lipinski definition) is 0. The van der Waals surface area contributed by atoms with Crippen LogP contribution >= 0.6 is 0 Å². The van der Waals surface area contributed by atoms with Crippen molar-refractivity contribution in [3.63, 3.8) is 0 Å². The molecule has 0 nitrogen and oxygen atoms in total. The Bertz CT molecular complexity index is 92.2. The summed E-state index contributed by atoms with van der Waals surface area (Å²) in [7, 11) is 0. The molecule has 0 aliphatic heterocycles. The lowest BCUT2D eigenvalue weighted by molar-refractivity contribution is 0.305. The van der Waals surface area contributed by atoms with E-state index in [1.54, 1.807) is 5.92 Å². The molecule has 0 unspecified atom stereocenters. The summed E-state index contributed by atoms with van der Waals surface area (Å²) in [5, 5.41) is 0. The Hall–Kier alpha value is 0. The molecule has 0 saturated heterocycles. The zero-order chi connectivity index (χ0) is 6.91. The fourth-order valence-corrected chi connectivity index (χ4v) is 1.67. The number of rotatable bonds is 0. The van der Waals surface area contributed by atoms with Crippen molar-refractivity contribution in [1.82, 2.24) is 0 Å². The van der Waals surface area contributed by atoms with E-state index in [2.05, 4.69) is 27.2 Å². The molecule has 9 heavy (non-hydrogen) atoms. The maximum atomic E-state index is 2.40. The van der Waals surface area contributed by atoms with E-state index in [1.165, 1.54) is 19.3 Å². The molecule has 0 bridgehead atoms. The van der Waals surface area contributed by atoms with Gasteiger partial charge < -0.3 is 0 Å². The van der Waals surface area contributed by atoms with Crippen molar-refractivity contribution in [2.75, 3.05) is 0 Å². The van der Waals surface area contributed by atoms with Crippen LogP contribution in [0.5, 0.6) is 0 Å². The highest BCUT2D eigenvalue weighted by molar-refractivity contribution is 5.01. The van der Waals surface area contributed by atoms with Gasteiger partial charge in [0.2, 0.25) is 0 Å². The molecule has 0 aromatic rings. The largest absolute Gasteiger partial charge is 0.0599 e. The van der Waals surface area contributed by atoms with Crippen LogP contribution in [0, 0.1) is 17.8 Å². The molecular formula is C9H16. The van der Waals surface area contributed by atoms with Gasteiger partial charge in [0.15, 0.2) is 0 Å². The third-order valence-electron chi connectivity index (χ3n) is 1.97. The van der Waals surface area contributed by atoms with Crippen LogP contribution in [0.2, 0.25) is 0 Å². The third-order valence-corrected chi connectivity index (χ3v) is 1.97. The first kappa shape index (κ1) is 7.11.